The van der Waals surface area contributed by atoms with Gasteiger partial charge in [0.15, 0.2) is 0 Å². The zero-order valence-corrected chi connectivity index (χ0v) is 12.3. The highest BCUT2D eigenvalue weighted by Gasteiger charge is 2.27. The number of hydrogen-bond acceptors (Lipinski definition) is 2. The lowest BCUT2D eigenvalue weighted by Gasteiger charge is -2.38. The third-order valence-corrected chi connectivity index (χ3v) is 4.55. The maximum atomic E-state index is 13.4. The Morgan fingerprint density at radius 1 is 1.15 bits per heavy atom. The monoisotopic (exact) mass is 282 g/mol. The van der Waals surface area contributed by atoms with Gasteiger partial charge in [0.25, 0.3) is 0 Å². The van der Waals surface area contributed by atoms with E-state index in [1.807, 2.05) is 7.05 Å². The van der Waals surface area contributed by atoms with E-state index in [0.717, 1.165) is 24.8 Å². The second-order valence-corrected chi connectivity index (χ2v) is 6.03. The van der Waals surface area contributed by atoms with Gasteiger partial charge in [0.05, 0.1) is 0 Å². The summed E-state index contributed by atoms with van der Waals surface area (Å²) in [6, 6.07) is 4.01. The van der Waals surface area contributed by atoms with E-state index in [1.165, 1.54) is 25.0 Å². The van der Waals surface area contributed by atoms with E-state index in [-0.39, 0.29) is 6.04 Å². The van der Waals surface area contributed by atoms with Gasteiger partial charge < -0.3 is 5.73 Å². The van der Waals surface area contributed by atoms with Crippen LogP contribution in [-0.4, -0.2) is 24.5 Å². The first-order valence-electron chi connectivity index (χ1n) is 7.39. The van der Waals surface area contributed by atoms with E-state index >= 15 is 0 Å². The van der Waals surface area contributed by atoms with Crippen LogP contribution in [0.4, 0.5) is 8.78 Å². The van der Waals surface area contributed by atoms with Gasteiger partial charge in [-0.25, -0.2) is 8.78 Å². The molecule has 1 saturated carbocycles. The third-order valence-electron chi connectivity index (χ3n) is 4.55. The molecule has 0 aromatic heterocycles. The standard InChI is InChI=1S/C16H24F2N2/c1-11-3-5-15(6-4-11)20(2)16(10-19)12-7-13(17)9-14(18)8-12/h7-9,11,15-16H,3-6,10,19H2,1-2H3. The molecule has 2 rings (SSSR count). The Kier molecular flexibility index (Phi) is 5.11. The number of likely N-dealkylation sites (N-methyl/N-ethyl adjacent to an activating group) is 1. The summed E-state index contributed by atoms with van der Waals surface area (Å²) in [6.45, 7) is 2.64. The predicted octanol–water partition coefficient (Wildman–Crippen LogP) is 3.48. The molecular formula is C16H24F2N2. The fourth-order valence-electron chi connectivity index (χ4n) is 3.21. The number of nitrogens with zero attached hydrogens (tertiary/aromatic N) is 1. The van der Waals surface area contributed by atoms with E-state index in [4.69, 9.17) is 5.73 Å². The molecule has 1 atom stereocenters. The van der Waals surface area contributed by atoms with Crippen LogP contribution < -0.4 is 5.73 Å². The highest BCUT2D eigenvalue weighted by atomic mass is 19.1. The van der Waals surface area contributed by atoms with Gasteiger partial charge in [-0.15, -0.1) is 0 Å². The van der Waals surface area contributed by atoms with Crippen molar-refractivity contribution in [1.29, 1.82) is 0 Å². The van der Waals surface area contributed by atoms with E-state index in [1.54, 1.807) is 0 Å². The number of halogens is 2. The molecular weight excluding hydrogens is 258 g/mol. The molecule has 1 aliphatic rings. The Bertz CT molecular complexity index is 422. The average molecular weight is 282 g/mol. The number of hydrogen-bond donors (Lipinski definition) is 1. The molecule has 1 aromatic rings. The Balaban J connectivity index is 2.14. The van der Waals surface area contributed by atoms with Crippen molar-refractivity contribution in [2.24, 2.45) is 11.7 Å². The van der Waals surface area contributed by atoms with Crippen LogP contribution in [0.25, 0.3) is 0 Å². The van der Waals surface area contributed by atoms with Crippen molar-refractivity contribution in [1.82, 2.24) is 4.90 Å². The summed E-state index contributed by atoms with van der Waals surface area (Å²) in [5.41, 5.74) is 6.48. The predicted molar refractivity (Wildman–Crippen MR) is 77.3 cm³/mol. The number of nitrogens with two attached hydrogens (primary N) is 1. The fourth-order valence-corrected chi connectivity index (χ4v) is 3.21. The van der Waals surface area contributed by atoms with Crippen LogP contribution in [0, 0.1) is 17.6 Å². The molecule has 2 N–H and O–H groups in total. The Hall–Kier alpha value is -1.00. The van der Waals surface area contributed by atoms with Gasteiger partial charge in [-0.05, 0) is 56.3 Å². The van der Waals surface area contributed by atoms with E-state index in [2.05, 4.69) is 11.8 Å². The second-order valence-electron chi connectivity index (χ2n) is 6.03. The highest BCUT2D eigenvalue weighted by Crippen LogP contribution is 2.31. The third kappa shape index (κ3) is 3.55. The van der Waals surface area contributed by atoms with Crippen molar-refractivity contribution in [3.05, 3.63) is 35.4 Å². The normalized spacial score (nSPS) is 24.9. The van der Waals surface area contributed by atoms with Crippen molar-refractivity contribution in [2.45, 2.75) is 44.7 Å². The quantitative estimate of drug-likeness (QED) is 0.916. The maximum Gasteiger partial charge on any atom is 0.126 e. The van der Waals surface area contributed by atoms with Gasteiger partial charge >= 0.3 is 0 Å². The van der Waals surface area contributed by atoms with Crippen molar-refractivity contribution < 1.29 is 8.78 Å². The first kappa shape index (κ1) is 15.4. The molecule has 1 aliphatic carbocycles. The van der Waals surface area contributed by atoms with Crippen molar-refractivity contribution in [2.75, 3.05) is 13.6 Å². The van der Waals surface area contributed by atoms with E-state index in [9.17, 15) is 8.78 Å². The van der Waals surface area contributed by atoms with Crippen LogP contribution in [-0.2, 0) is 0 Å². The molecule has 112 valence electrons. The minimum Gasteiger partial charge on any atom is -0.329 e. The smallest absolute Gasteiger partial charge is 0.126 e. The van der Waals surface area contributed by atoms with Crippen LogP contribution >= 0.6 is 0 Å². The van der Waals surface area contributed by atoms with Crippen molar-refractivity contribution >= 4 is 0 Å². The summed E-state index contributed by atoms with van der Waals surface area (Å²) < 4.78 is 26.8. The molecule has 1 unspecified atom stereocenters. The zero-order valence-electron chi connectivity index (χ0n) is 12.3. The van der Waals surface area contributed by atoms with Crippen molar-refractivity contribution in [3.8, 4) is 0 Å². The number of benzene rings is 1. The lowest BCUT2D eigenvalue weighted by atomic mass is 9.86. The van der Waals surface area contributed by atoms with Crippen LogP contribution in [0.15, 0.2) is 18.2 Å². The van der Waals surface area contributed by atoms with Gasteiger partial charge in [-0.1, -0.05) is 6.92 Å². The summed E-state index contributed by atoms with van der Waals surface area (Å²) in [5.74, 6) is -0.296. The van der Waals surface area contributed by atoms with Crippen molar-refractivity contribution in [3.63, 3.8) is 0 Å². The minimum atomic E-state index is -0.538. The van der Waals surface area contributed by atoms with Gasteiger partial charge in [0.1, 0.15) is 11.6 Å². The topological polar surface area (TPSA) is 29.3 Å². The molecule has 4 heteroatoms. The molecule has 0 saturated heterocycles. The molecule has 20 heavy (non-hydrogen) atoms. The lowest BCUT2D eigenvalue weighted by Crippen LogP contribution is -2.40. The van der Waals surface area contributed by atoms with Gasteiger partial charge in [-0.2, -0.15) is 0 Å². The zero-order chi connectivity index (χ0) is 14.7. The maximum absolute atomic E-state index is 13.4. The van der Waals surface area contributed by atoms with Crippen LogP contribution in [0.1, 0.15) is 44.2 Å². The fraction of sp³-hybridized carbons (Fsp3) is 0.625. The average Bonchev–Trinajstić information content (AvgIpc) is 2.39. The van der Waals surface area contributed by atoms with E-state index < -0.39 is 11.6 Å². The molecule has 0 bridgehead atoms. The Morgan fingerprint density at radius 2 is 1.70 bits per heavy atom. The SMILES string of the molecule is CC1CCC(N(C)C(CN)c2cc(F)cc(F)c2)CC1. The molecule has 0 amide bonds. The second kappa shape index (κ2) is 6.64. The minimum absolute atomic E-state index is 0.126. The Morgan fingerprint density at radius 3 is 2.20 bits per heavy atom. The van der Waals surface area contributed by atoms with Crippen LogP contribution in [0.2, 0.25) is 0 Å². The summed E-state index contributed by atoms with van der Waals surface area (Å²) in [6.07, 6.45) is 4.69. The largest absolute Gasteiger partial charge is 0.329 e. The van der Waals surface area contributed by atoms with Gasteiger partial charge in [-0.3, -0.25) is 4.90 Å². The molecule has 2 nitrogen and oxygen atoms in total. The number of rotatable bonds is 4. The first-order valence-corrected chi connectivity index (χ1v) is 7.39. The van der Waals surface area contributed by atoms with E-state index in [0.29, 0.717) is 18.2 Å². The Labute approximate surface area is 120 Å². The molecule has 1 fully saturated rings. The first-order chi connectivity index (χ1) is 9.51. The molecule has 0 spiro atoms. The van der Waals surface area contributed by atoms with Gasteiger partial charge in [0, 0.05) is 24.7 Å². The van der Waals surface area contributed by atoms with Gasteiger partial charge in [0.2, 0.25) is 0 Å². The summed E-state index contributed by atoms with van der Waals surface area (Å²) in [5, 5.41) is 0. The summed E-state index contributed by atoms with van der Waals surface area (Å²) in [7, 11) is 2.01. The highest BCUT2D eigenvalue weighted by molar-refractivity contribution is 5.22. The summed E-state index contributed by atoms with van der Waals surface area (Å²) >= 11 is 0. The lowest BCUT2D eigenvalue weighted by molar-refractivity contribution is 0.126. The molecule has 0 radical (unpaired) electrons. The van der Waals surface area contributed by atoms with Crippen LogP contribution in [0.5, 0.6) is 0 Å². The molecule has 1 aromatic carbocycles. The molecule has 0 heterocycles. The molecule has 0 aliphatic heterocycles. The van der Waals surface area contributed by atoms with Crippen LogP contribution in [0.3, 0.4) is 0 Å². The summed E-state index contributed by atoms with van der Waals surface area (Å²) in [4.78, 5) is 2.19.